The SMILES string of the molecule is CC(C)CCC[C@@H](C)[C@H]1CC[C@H]2[C@@H]3CC=C4C[C@@H](O)CC[C@]4(C)[C@H]3CC[C@]12C.c1ccc2c(c1)ccc1ccccc12. The van der Waals surface area contributed by atoms with Crippen LogP contribution in [0.2, 0.25) is 0 Å². The van der Waals surface area contributed by atoms with E-state index in [4.69, 9.17) is 0 Å². The summed E-state index contributed by atoms with van der Waals surface area (Å²) < 4.78 is 0. The van der Waals surface area contributed by atoms with Gasteiger partial charge in [-0.15, -0.1) is 0 Å². The standard InChI is InChI=1S/C27H46O.C14H10/c1-18(2)7-6-8-19(3)23-11-12-24-22-10-9-20-17-21(28)13-15-26(20,4)25(22)14-16-27(23,24)5;1-3-7-13-11(5-1)9-10-12-6-2-4-8-14(12)13/h9,18-19,21-25,28H,6-8,10-17H2,1-5H3;1-10H/t19-,21+,22+,23-,24+,25+,26+,27-;/m1./s1. The predicted octanol–water partition coefficient (Wildman–Crippen LogP) is 11.4. The number of aliphatic hydroxyl groups excluding tert-OH is 1. The summed E-state index contributed by atoms with van der Waals surface area (Å²) in [7, 11) is 0. The first-order chi connectivity index (χ1) is 20.2. The number of allylic oxidation sites excluding steroid dienone is 1. The topological polar surface area (TPSA) is 20.2 Å². The number of hydrogen-bond acceptors (Lipinski definition) is 1. The molecule has 3 fully saturated rings. The molecule has 3 aromatic rings. The highest BCUT2D eigenvalue weighted by Crippen LogP contribution is 2.67. The van der Waals surface area contributed by atoms with Crippen molar-refractivity contribution in [1.29, 1.82) is 0 Å². The van der Waals surface area contributed by atoms with E-state index in [0.717, 1.165) is 48.3 Å². The summed E-state index contributed by atoms with van der Waals surface area (Å²) in [5, 5.41) is 15.5. The third-order valence-corrected chi connectivity index (χ3v) is 12.9. The summed E-state index contributed by atoms with van der Waals surface area (Å²) in [6.45, 7) is 12.6. The molecule has 7 rings (SSSR count). The molecule has 0 radical (unpaired) electrons. The monoisotopic (exact) mass is 564 g/mol. The Morgan fingerprint density at radius 3 is 2.10 bits per heavy atom. The van der Waals surface area contributed by atoms with E-state index < -0.39 is 0 Å². The van der Waals surface area contributed by atoms with Crippen molar-refractivity contribution in [1.82, 2.24) is 0 Å². The highest BCUT2D eigenvalue weighted by molar-refractivity contribution is 6.07. The third-order valence-electron chi connectivity index (χ3n) is 12.9. The number of hydrogen-bond donors (Lipinski definition) is 1. The van der Waals surface area contributed by atoms with Gasteiger partial charge in [0.1, 0.15) is 0 Å². The molecule has 0 spiro atoms. The maximum atomic E-state index is 10.2. The van der Waals surface area contributed by atoms with E-state index in [1.165, 1.54) is 79.3 Å². The molecule has 0 unspecified atom stereocenters. The summed E-state index contributed by atoms with van der Waals surface area (Å²) in [4.78, 5) is 0. The fraction of sp³-hybridized carbons (Fsp3) is 0.610. The molecular formula is C41H56O. The van der Waals surface area contributed by atoms with Crippen LogP contribution >= 0.6 is 0 Å². The van der Waals surface area contributed by atoms with Crippen molar-refractivity contribution in [2.75, 3.05) is 0 Å². The molecule has 4 aliphatic rings. The summed E-state index contributed by atoms with van der Waals surface area (Å²) in [5.41, 5.74) is 2.60. The van der Waals surface area contributed by atoms with Gasteiger partial charge in [0, 0.05) is 0 Å². The van der Waals surface area contributed by atoms with Crippen molar-refractivity contribution in [2.24, 2.45) is 46.3 Å². The van der Waals surface area contributed by atoms with Crippen LogP contribution in [0.4, 0.5) is 0 Å². The molecule has 0 aromatic heterocycles. The Bertz CT molecular complexity index is 1350. The Labute approximate surface area is 256 Å². The molecule has 1 nitrogen and oxygen atoms in total. The Morgan fingerprint density at radius 1 is 0.762 bits per heavy atom. The lowest BCUT2D eigenvalue weighted by molar-refractivity contribution is -0.0573. The summed E-state index contributed by atoms with van der Waals surface area (Å²) in [5.74, 6) is 5.46. The van der Waals surface area contributed by atoms with Crippen molar-refractivity contribution in [2.45, 2.75) is 111 Å². The first-order valence-electron chi connectivity index (χ1n) is 17.4. The lowest BCUT2D eigenvalue weighted by Crippen LogP contribution is -2.50. The van der Waals surface area contributed by atoms with Gasteiger partial charge in [-0.05, 0) is 119 Å². The summed E-state index contributed by atoms with van der Waals surface area (Å²) in [6.07, 6.45) is 17.2. The van der Waals surface area contributed by atoms with Gasteiger partial charge >= 0.3 is 0 Å². The Kier molecular flexibility index (Phi) is 8.63. The highest BCUT2D eigenvalue weighted by atomic mass is 16.3. The molecule has 226 valence electrons. The van der Waals surface area contributed by atoms with E-state index in [0.29, 0.717) is 10.8 Å². The van der Waals surface area contributed by atoms with Crippen LogP contribution in [0.15, 0.2) is 72.3 Å². The Hall–Kier alpha value is -2.12. The van der Waals surface area contributed by atoms with Crippen LogP contribution in [-0.2, 0) is 0 Å². The minimum atomic E-state index is -0.0766. The lowest BCUT2D eigenvalue weighted by Gasteiger charge is -2.58. The molecule has 42 heavy (non-hydrogen) atoms. The van der Waals surface area contributed by atoms with Gasteiger partial charge in [0.15, 0.2) is 0 Å². The molecule has 0 saturated heterocycles. The van der Waals surface area contributed by atoms with Gasteiger partial charge in [0.05, 0.1) is 6.10 Å². The van der Waals surface area contributed by atoms with Crippen molar-refractivity contribution < 1.29 is 5.11 Å². The van der Waals surface area contributed by atoms with E-state index in [9.17, 15) is 5.11 Å². The second-order valence-corrected chi connectivity index (χ2v) is 15.7. The van der Waals surface area contributed by atoms with Gasteiger partial charge in [-0.3, -0.25) is 0 Å². The van der Waals surface area contributed by atoms with Gasteiger partial charge in [-0.1, -0.05) is 126 Å². The molecule has 0 amide bonds. The molecule has 0 bridgehead atoms. The fourth-order valence-corrected chi connectivity index (χ4v) is 10.6. The predicted molar refractivity (Wildman–Crippen MR) is 181 cm³/mol. The molecule has 8 atom stereocenters. The van der Waals surface area contributed by atoms with E-state index in [1.54, 1.807) is 5.57 Å². The first-order valence-corrected chi connectivity index (χ1v) is 17.4. The number of fused-ring (bicyclic) bond motifs is 8. The van der Waals surface area contributed by atoms with E-state index in [2.05, 4.69) is 101 Å². The minimum Gasteiger partial charge on any atom is -0.393 e. The zero-order valence-corrected chi connectivity index (χ0v) is 27.1. The van der Waals surface area contributed by atoms with Gasteiger partial charge < -0.3 is 5.11 Å². The summed E-state index contributed by atoms with van der Waals surface area (Å²) >= 11 is 0. The third kappa shape index (κ3) is 5.49. The van der Waals surface area contributed by atoms with Crippen LogP contribution in [0.3, 0.4) is 0 Å². The Balaban J connectivity index is 0.000000187. The van der Waals surface area contributed by atoms with Crippen LogP contribution in [0, 0.1) is 46.3 Å². The molecule has 1 N–H and O–H groups in total. The van der Waals surface area contributed by atoms with Gasteiger partial charge in [0.25, 0.3) is 0 Å². The first kappa shape index (κ1) is 29.9. The number of benzene rings is 3. The maximum absolute atomic E-state index is 10.2. The van der Waals surface area contributed by atoms with Crippen LogP contribution in [0.5, 0.6) is 0 Å². The molecule has 3 aromatic carbocycles. The molecule has 0 heterocycles. The maximum Gasteiger partial charge on any atom is 0.0577 e. The lowest BCUT2D eigenvalue weighted by atomic mass is 9.47. The van der Waals surface area contributed by atoms with Crippen molar-refractivity contribution in [3.8, 4) is 0 Å². The van der Waals surface area contributed by atoms with Gasteiger partial charge in [-0.25, -0.2) is 0 Å². The average molecular weight is 565 g/mol. The van der Waals surface area contributed by atoms with Crippen molar-refractivity contribution in [3.63, 3.8) is 0 Å². The Morgan fingerprint density at radius 2 is 1.43 bits per heavy atom. The molecule has 0 aliphatic heterocycles. The van der Waals surface area contributed by atoms with Crippen molar-refractivity contribution >= 4 is 21.5 Å². The van der Waals surface area contributed by atoms with Gasteiger partial charge in [-0.2, -0.15) is 0 Å². The average Bonchev–Trinajstić information content (AvgIpc) is 3.35. The molecule has 4 aliphatic carbocycles. The van der Waals surface area contributed by atoms with E-state index in [1.807, 2.05) is 0 Å². The summed E-state index contributed by atoms with van der Waals surface area (Å²) in [6, 6.07) is 21.4. The van der Waals surface area contributed by atoms with Crippen LogP contribution in [0.25, 0.3) is 21.5 Å². The number of rotatable bonds is 5. The molecular weight excluding hydrogens is 508 g/mol. The van der Waals surface area contributed by atoms with E-state index >= 15 is 0 Å². The van der Waals surface area contributed by atoms with Crippen LogP contribution in [-0.4, -0.2) is 11.2 Å². The van der Waals surface area contributed by atoms with Crippen LogP contribution < -0.4 is 0 Å². The second-order valence-electron chi connectivity index (χ2n) is 15.7. The quantitative estimate of drug-likeness (QED) is 0.241. The normalized spacial score (nSPS) is 34.6. The molecule has 3 saturated carbocycles. The van der Waals surface area contributed by atoms with Crippen molar-refractivity contribution in [3.05, 3.63) is 72.3 Å². The van der Waals surface area contributed by atoms with Crippen LogP contribution in [0.1, 0.15) is 105 Å². The zero-order chi connectivity index (χ0) is 29.5. The number of aliphatic hydroxyl groups is 1. The van der Waals surface area contributed by atoms with E-state index in [-0.39, 0.29) is 6.10 Å². The minimum absolute atomic E-state index is 0.0766. The van der Waals surface area contributed by atoms with Gasteiger partial charge in [0.2, 0.25) is 0 Å². The highest BCUT2D eigenvalue weighted by Gasteiger charge is 2.59. The second kappa shape index (κ2) is 12.1. The zero-order valence-electron chi connectivity index (χ0n) is 27.1. The fourth-order valence-electron chi connectivity index (χ4n) is 10.6. The molecule has 1 heteroatoms. The smallest absolute Gasteiger partial charge is 0.0577 e. The largest absolute Gasteiger partial charge is 0.393 e.